The molecule has 4 fully saturated rings. The fraction of sp³-hybridized carbons (Fsp3) is 0.500. The van der Waals surface area contributed by atoms with Crippen LogP contribution < -0.4 is 0 Å². The molecule has 4 aromatic rings. The number of piperidine rings is 1. The van der Waals surface area contributed by atoms with Gasteiger partial charge in [-0.2, -0.15) is 8.78 Å². The number of aromatic nitrogens is 2. The number of carbonyl (C=O) groups is 2. The third kappa shape index (κ3) is 5.76. The highest BCUT2D eigenvalue weighted by molar-refractivity contribution is 6.01. The summed E-state index contributed by atoms with van der Waals surface area (Å²) in [5.74, 6) is -1.19. The Kier molecular flexibility index (Phi) is 8.31. The maximum Gasteiger partial charge on any atom is 0.299 e. The van der Waals surface area contributed by atoms with Crippen LogP contribution in [0, 0.1) is 35.0 Å². The average Bonchev–Trinajstić information content (AvgIpc) is 3.85. The summed E-state index contributed by atoms with van der Waals surface area (Å²) in [7, 11) is 0. The summed E-state index contributed by atoms with van der Waals surface area (Å²) in [5, 5.41) is 0. The molecule has 4 heterocycles. The van der Waals surface area contributed by atoms with Crippen molar-refractivity contribution in [3.05, 3.63) is 83.3 Å². The van der Waals surface area contributed by atoms with Crippen LogP contribution in [-0.2, 0) is 21.9 Å². The number of amides is 2. The Morgan fingerprint density at radius 1 is 0.825 bits per heavy atom. The summed E-state index contributed by atoms with van der Waals surface area (Å²) in [6.45, 7) is 13.2. The number of H-pyrrole nitrogens is 1. The zero-order chi connectivity index (χ0) is 39.7. The first kappa shape index (κ1) is 36.7. The van der Waals surface area contributed by atoms with Crippen molar-refractivity contribution < 1.29 is 18.4 Å². The summed E-state index contributed by atoms with van der Waals surface area (Å²) < 4.78 is 33.1. The first-order valence-electron chi connectivity index (χ1n) is 21.3. The van der Waals surface area contributed by atoms with Gasteiger partial charge in [0.05, 0.1) is 29.7 Å². The highest BCUT2D eigenvalue weighted by Gasteiger charge is 2.55. The molecule has 3 aromatic carbocycles. The predicted octanol–water partition coefficient (Wildman–Crippen LogP) is 10.5. The SMILES string of the molecule is CC(C)[C@H](C)C(=O)N1CC2(CC2)C[C@H]1c1ncc(-c2ccc3c(c2)C(F)(F)c2cc(-c4ccc5c(c4)CC(C4[C@H]6CC[C@H](C6)N4C(=O)[C@@H](C)C(C)C)=N5)ccc2-3)[nH]1. The minimum atomic E-state index is -3.18. The van der Waals surface area contributed by atoms with Gasteiger partial charge in [0, 0.05) is 53.2 Å². The van der Waals surface area contributed by atoms with E-state index in [1.54, 1.807) is 24.4 Å². The largest absolute Gasteiger partial charge is 0.340 e. The molecule has 7 nitrogen and oxygen atoms in total. The van der Waals surface area contributed by atoms with Gasteiger partial charge in [0.25, 0.3) is 5.92 Å². The van der Waals surface area contributed by atoms with Crippen LogP contribution in [0.5, 0.6) is 0 Å². The molecule has 6 atom stereocenters. The summed E-state index contributed by atoms with van der Waals surface area (Å²) in [4.78, 5) is 44.8. The summed E-state index contributed by atoms with van der Waals surface area (Å²) in [6.07, 6.45) is 8.79. The zero-order valence-corrected chi connectivity index (χ0v) is 33.9. The fourth-order valence-corrected chi connectivity index (χ4v) is 10.7. The molecule has 2 saturated heterocycles. The van der Waals surface area contributed by atoms with E-state index in [2.05, 4.69) is 43.6 Å². The molecule has 1 aromatic heterocycles. The highest BCUT2D eigenvalue weighted by atomic mass is 19.3. The second-order valence-corrected chi connectivity index (χ2v) is 19.1. The average molecular weight is 770 g/mol. The number of carbonyl (C=O) groups excluding carboxylic acids is 2. The predicted molar refractivity (Wildman–Crippen MR) is 219 cm³/mol. The molecule has 3 aliphatic heterocycles. The van der Waals surface area contributed by atoms with Crippen molar-refractivity contribution >= 4 is 23.2 Å². The van der Waals surface area contributed by atoms with Crippen LogP contribution >= 0.6 is 0 Å². The molecule has 2 amide bonds. The number of nitrogens with one attached hydrogen (secondary N) is 1. The van der Waals surface area contributed by atoms with Crippen LogP contribution in [0.3, 0.4) is 0 Å². The molecular weight excluding hydrogens is 717 g/mol. The molecule has 57 heavy (non-hydrogen) atoms. The van der Waals surface area contributed by atoms with Gasteiger partial charge in [-0.1, -0.05) is 71.9 Å². The van der Waals surface area contributed by atoms with Crippen molar-refractivity contribution in [1.29, 1.82) is 0 Å². The Morgan fingerprint density at radius 3 is 2.18 bits per heavy atom. The van der Waals surface area contributed by atoms with E-state index in [4.69, 9.17) is 9.98 Å². The lowest BCUT2D eigenvalue weighted by Crippen LogP contribution is -2.51. The van der Waals surface area contributed by atoms with Gasteiger partial charge in [0.15, 0.2) is 0 Å². The van der Waals surface area contributed by atoms with E-state index in [1.807, 2.05) is 49.1 Å². The quantitative estimate of drug-likeness (QED) is 0.194. The van der Waals surface area contributed by atoms with Crippen LogP contribution in [0.15, 0.2) is 65.8 Å². The molecule has 9 heteroatoms. The number of rotatable bonds is 8. The Bertz CT molecular complexity index is 2360. The molecule has 3 aliphatic carbocycles. The number of hydrogen-bond acceptors (Lipinski definition) is 4. The first-order chi connectivity index (χ1) is 27.2. The maximum atomic E-state index is 16.6. The van der Waals surface area contributed by atoms with Crippen molar-refractivity contribution in [2.24, 2.45) is 40.0 Å². The zero-order valence-electron chi connectivity index (χ0n) is 33.9. The molecular formula is C48H53F2N5O2. The number of aromatic amines is 1. The molecule has 1 unspecified atom stereocenters. The van der Waals surface area contributed by atoms with Gasteiger partial charge < -0.3 is 14.8 Å². The van der Waals surface area contributed by atoms with Crippen LogP contribution in [0.2, 0.25) is 0 Å². The normalized spacial score (nSPS) is 25.6. The number of nitrogens with zero attached hydrogens (tertiary/aromatic N) is 4. The number of hydrogen-bond donors (Lipinski definition) is 1. The van der Waals surface area contributed by atoms with E-state index in [9.17, 15) is 9.59 Å². The maximum absolute atomic E-state index is 16.6. The van der Waals surface area contributed by atoms with Crippen LogP contribution in [-0.4, -0.2) is 55.9 Å². The molecule has 0 radical (unpaired) electrons. The topological polar surface area (TPSA) is 81.7 Å². The van der Waals surface area contributed by atoms with Crippen molar-refractivity contribution in [3.63, 3.8) is 0 Å². The molecule has 1 N–H and O–H groups in total. The molecule has 2 bridgehead atoms. The smallest absolute Gasteiger partial charge is 0.299 e. The van der Waals surface area contributed by atoms with Crippen molar-refractivity contribution in [1.82, 2.24) is 19.8 Å². The summed E-state index contributed by atoms with van der Waals surface area (Å²) >= 11 is 0. The minimum Gasteiger partial charge on any atom is -0.340 e. The van der Waals surface area contributed by atoms with Gasteiger partial charge in [-0.25, -0.2) is 4.98 Å². The van der Waals surface area contributed by atoms with Gasteiger partial charge >= 0.3 is 0 Å². The van der Waals surface area contributed by atoms with E-state index in [-0.39, 0.29) is 64.1 Å². The number of imidazole rings is 1. The standard InChI is InChI=1S/C48H53F2N5O2/c1-25(2)27(5)45(56)54-24-47(15-16-47)22-42(54)44-51-23-41(53-44)31-9-13-36-35-12-8-30(19-37(35)48(49,50)38(36)20-31)29-10-14-39-33(17-29)21-40(52-39)43-32-7-11-34(18-32)55(43)46(57)28(6)26(3)4/h8-10,12-14,17,19-20,23,25-28,32,34,42-43H,7,11,15-16,18,21-22,24H2,1-6H3,(H,51,53)/t27-,28-,32-,34+,42-,43?/m0/s1. The molecule has 296 valence electrons. The van der Waals surface area contributed by atoms with Crippen LogP contribution in [0.4, 0.5) is 14.5 Å². The van der Waals surface area contributed by atoms with E-state index < -0.39 is 5.92 Å². The fourth-order valence-electron chi connectivity index (χ4n) is 10.7. The van der Waals surface area contributed by atoms with E-state index in [1.165, 1.54) is 0 Å². The first-order valence-corrected chi connectivity index (χ1v) is 21.3. The monoisotopic (exact) mass is 769 g/mol. The lowest BCUT2D eigenvalue weighted by molar-refractivity contribution is -0.139. The lowest BCUT2D eigenvalue weighted by Gasteiger charge is -2.38. The minimum absolute atomic E-state index is 0.00703. The van der Waals surface area contributed by atoms with Gasteiger partial charge in [-0.05, 0) is 114 Å². The number of likely N-dealkylation sites (tertiary alicyclic amines) is 2. The van der Waals surface area contributed by atoms with Gasteiger partial charge in [-0.3, -0.25) is 14.6 Å². The third-order valence-electron chi connectivity index (χ3n) is 15.0. The van der Waals surface area contributed by atoms with Crippen molar-refractivity contribution in [2.75, 3.05) is 6.54 Å². The number of fused-ring (bicyclic) bond motifs is 6. The molecule has 2 saturated carbocycles. The van der Waals surface area contributed by atoms with E-state index in [0.717, 1.165) is 79.0 Å². The molecule has 10 rings (SSSR count). The van der Waals surface area contributed by atoms with Crippen LogP contribution in [0.1, 0.15) is 109 Å². The van der Waals surface area contributed by atoms with Crippen LogP contribution in [0.25, 0.3) is 33.5 Å². The summed E-state index contributed by atoms with van der Waals surface area (Å²) in [5.41, 5.74) is 7.30. The number of benzene rings is 3. The van der Waals surface area contributed by atoms with Crippen molar-refractivity contribution in [2.45, 2.75) is 111 Å². The van der Waals surface area contributed by atoms with Gasteiger partial charge in [0.2, 0.25) is 11.8 Å². The Balaban J connectivity index is 0.889. The number of halogens is 2. The summed E-state index contributed by atoms with van der Waals surface area (Å²) in [6, 6.07) is 17.0. The number of aliphatic imine (C=N–C) groups is 1. The second kappa shape index (κ2) is 12.9. The highest BCUT2D eigenvalue weighted by Crippen LogP contribution is 2.59. The van der Waals surface area contributed by atoms with E-state index >= 15 is 8.78 Å². The Morgan fingerprint density at radius 2 is 1.47 bits per heavy atom. The van der Waals surface area contributed by atoms with Crippen molar-refractivity contribution in [3.8, 4) is 33.5 Å². The van der Waals surface area contributed by atoms with E-state index in [0.29, 0.717) is 40.8 Å². The van der Waals surface area contributed by atoms with Gasteiger partial charge in [0.1, 0.15) is 5.82 Å². The second-order valence-electron chi connectivity index (χ2n) is 19.1. The Hall–Kier alpha value is -4.66. The third-order valence-corrected chi connectivity index (χ3v) is 15.0. The van der Waals surface area contributed by atoms with Gasteiger partial charge in [-0.15, -0.1) is 0 Å². The number of alkyl halides is 2. The molecule has 1 spiro atoms. The lowest BCUT2D eigenvalue weighted by atomic mass is 9.89. The Labute approximate surface area is 334 Å². The molecule has 6 aliphatic rings.